The summed E-state index contributed by atoms with van der Waals surface area (Å²) in [5.74, 6) is -0.275. The highest BCUT2D eigenvalue weighted by Crippen LogP contribution is 2.16. The van der Waals surface area contributed by atoms with Gasteiger partial charge in [0, 0.05) is 12.3 Å². The largest absolute Gasteiger partial charge is 0.370 e. The predicted molar refractivity (Wildman–Crippen MR) is 42.8 cm³/mol. The van der Waals surface area contributed by atoms with Crippen molar-refractivity contribution in [3.8, 4) is 0 Å². The van der Waals surface area contributed by atoms with Crippen molar-refractivity contribution in [2.75, 3.05) is 0 Å². The van der Waals surface area contributed by atoms with E-state index in [0.29, 0.717) is 6.42 Å². The Morgan fingerprint density at radius 3 is 2.45 bits per heavy atom. The average molecular weight is 157 g/mol. The number of carbonyl (C=O) groups excluding carboxylic acids is 2. The summed E-state index contributed by atoms with van der Waals surface area (Å²) in [4.78, 5) is 20.8. The van der Waals surface area contributed by atoms with Gasteiger partial charge in [0.1, 0.15) is 6.29 Å². The Labute approximate surface area is 67.0 Å². The van der Waals surface area contributed by atoms with Crippen molar-refractivity contribution in [1.82, 2.24) is 0 Å². The van der Waals surface area contributed by atoms with E-state index in [4.69, 9.17) is 5.73 Å². The second kappa shape index (κ2) is 4.88. The summed E-state index contributed by atoms with van der Waals surface area (Å²) in [5.41, 5.74) is 5.01. The van der Waals surface area contributed by atoms with Crippen LogP contribution in [-0.2, 0) is 9.59 Å². The van der Waals surface area contributed by atoms with Gasteiger partial charge in [-0.05, 0) is 5.92 Å². The number of aldehydes is 1. The predicted octanol–water partition coefficient (Wildman–Crippen LogP) is 0.723. The molecular weight excluding hydrogens is 142 g/mol. The van der Waals surface area contributed by atoms with Gasteiger partial charge in [0.05, 0.1) is 0 Å². The number of amides is 1. The van der Waals surface area contributed by atoms with E-state index >= 15 is 0 Å². The van der Waals surface area contributed by atoms with Crippen molar-refractivity contribution in [1.29, 1.82) is 0 Å². The first-order valence-electron chi connectivity index (χ1n) is 3.85. The van der Waals surface area contributed by atoms with Gasteiger partial charge in [0.15, 0.2) is 0 Å². The smallest absolute Gasteiger partial charge is 0.217 e. The molecule has 0 saturated carbocycles. The molecule has 64 valence electrons. The van der Waals surface area contributed by atoms with Crippen LogP contribution in [0.4, 0.5) is 0 Å². The van der Waals surface area contributed by atoms with E-state index in [1.54, 1.807) is 0 Å². The molecule has 0 aromatic heterocycles. The Bertz CT molecular complexity index is 145. The third-order valence-corrected chi connectivity index (χ3v) is 1.95. The molecule has 0 rings (SSSR count). The third-order valence-electron chi connectivity index (χ3n) is 1.95. The van der Waals surface area contributed by atoms with Gasteiger partial charge in [-0.25, -0.2) is 0 Å². The van der Waals surface area contributed by atoms with Crippen LogP contribution in [0.1, 0.15) is 26.7 Å². The maximum atomic E-state index is 10.5. The summed E-state index contributed by atoms with van der Waals surface area (Å²) in [6, 6.07) is 0. The quantitative estimate of drug-likeness (QED) is 0.598. The fourth-order valence-electron chi connectivity index (χ4n) is 1.07. The summed E-state index contributed by atoms with van der Waals surface area (Å²) >= 11 is 0. The summed E-state index contributed by atoms with van der Waals surface area (Å²) in [6.45, 7) is 3.76. The molecule has 0 spiro atoms. The topological polar surface area (TPSA) is 60.2 Å². The molecule has 0 aliphatic heterocycles. The minimum absolute atomic E-state index is 0.0625. The molecule has 0 aromatic carbocycles. The molecule has 3 heteroatoms. The summed E-state index contributed by atoms with van der Waals surface area (Å²) in [6.07, 6.45) is 2.01. The van der Waals surface area contributed by atoms with Crippen LogP contribution in [0, 0.1) is 11.8 Å². The normalized spacial score (nSPS) is 15.5. The van der Waals surface area contributed by atoms with Crippen molar-refractivity contribution < 1.29 is 9.59 Å². The molecule has 0 radical (unpaired) electrons. The average Bonchev–Trinajstić information content (AvgIpc) is 1.98. The van der Waals surface area contributed by atoms with E-state index in [1.807, 2.05) is 13.8 Å². The van der Waals surface area contributed by atoms with E-state index in [1.165, 1.54) is 0 Å². The first kappa shape index (κ1) is 10.1. The van der Waals surface area contributed by atoms with Gasteiger partial charge in [0.2, 0.25) is 5.91 Å². The van der Waals surface area contributed by atoms with Gasteiger partial charge in [-0.3, -0.25) is 4.79 Å². The maximum Gasteiger partial charge on any atom is 0.217 e. The van der Waals surface area contributed by atoms with Crippen LogP contribution >= 0.6 is 0 Å². The molecule has 3 nitrogen and oxygen atoms in total. The molecule has 1 amide bonds. The zero-order chi connectivity index (χ0) is 8.85. The molecule has 0 aliphatic rings. The van der Waals surface area contributed by atoms with E-state index in [0.717, 1.165) is 12.7 Å². The summed E-state index contributed by atoms with van der Waals surface area (Å²) < 4.78 is 0. The Hall–Kier alpha value is -0.860. The standard InChI is InChI=1S/C8H15NO2/c1-3-7(4-8(9)11)6(2)5-10/h5-7H,3-4H2,1-2H3,(H2,9,11). The Morgan fingerprint density at radius 1 is 1.64 bits per heavy atom. The van der Waals surface area contributed by atoms with Gasteiger partial charge in [-0.15, -0.1) is 0 Å². The summed E-state index contributed by atoms with van der Waals surface area (Å²) in [7, 11) is 0. The molecule has 2 atom stereocenters. The summed E-state index contributed by atoms with van der Waals surface area (Å²) in [5, 5.41) is 0. The van der Waals surface area contributed by atoms with E-state index in [9.17, 15) is 9.59 Å². The van der Waals surface area contributed by atoms with Crippen LogP contribution in [-0.4, -0.2) is 12.2 Å². The third kappa shape index (κ3) is 3.75. The first-order chi connectivity index (χ1) is 5.11. The Balaban J connectivity index is 3.93. The lowest BCUT2D eigenvalue weighted by molar-refractivity contribution is -0.120. The number of rotatable bonds is 5. The number of primary amides is 1. The maximum absolute atomic E-state index is 10.5. The number of hydrogen-bond donors (Lipinski definition) is 1. The highest BCUT2D eigenvalue weighted by atomic mass is 16.1. The van der Waals surface area contributed by atoms with E-state index < -0.39 is 0 Å². The van der Waals surface area contributed by atoms with Crippen LogP contribution in [0.15, 0.2) is 0 Å². The molecule has 2 N–H and O–H groups in total. The van der Waals surface area contributed by atoms with Crippen LogP contribution in [0.2, 0.25) is 0 Å². The van der Waals surface area contributed by atoms with Crippen molar-refractivity contribution in [2.45, 2.75) is 26.7 Å². The van der Waals surface area contributed by atoms with Crippen LogP contribution in [0.5, 0.6) is 0 Å². The lowest BCUT2D eigenvalue weighted by Crippen LogP contribution is -2.21. The number of nitrogens with two attached hydrogens (primary N) is 1. The minimum atomic E-state index is -0.328. The Morgan fingerprint density at radius 2 is 2.18 bits per heavy atom. The molecule has 0 fully saturated rings. The second-order valence-electron chi connectivity index (χ2n) is 2.83. The van der Waals surface area contributed by atoms with Gasteiger partial charge < -0.3 is 10.5 Å². The molecule has 11 heavy (non-hydrogen) atoms. The van der Waals surface area contributed by atoms with Crippen molar-refractivity contribution in [2.24, 2.45) is 17.6 Å². The number of carbonyl (C=O) groups is 2. The fraction of sp³-hybridized carbons (Fsp3) is 0.750. The van der Waals surface area contributed by atoms with Crippen LogP contribution in [0.25, 0.3) is 0 Å². The first-order valence-corrected chi connectivity index (χ1v) is 3.85. The molecule has 0 heterocycles. The minimum Gasteiger partial charge on any atom is -0.370 e. The van der Waals surface area contributed by atoms with E-state index in [2.05, 4.69) is 0 Å². The molecule has 2 unspecified atom stereocenters. The van der Waals surface area contributed by atoms with Gasteiger partial charge in [-0.2, -0.15) is 0 Å². The number of hydrogen-bond acceptors (Lipinski definition) is 2. The van der Waals surface area contributed by atoms with Gasteiger partial charge in [0.25, 0.3) is 0 Å². The van der Waals surface area contributed by atoms with Crippen LogP contribution in [0.3, 0.4) is 0 Å². The van der Waals surface area contributed by atoms with E-state index in [-0.39, 0.29) is 17.7 Å². The SMILES string of the molecule is CCC(CC(N)=O)C(C)C=O. The molecular formula is C8H15NO2. The lowest BCUT2D eigenvalue weighted by atomic mass is 9.90. The van der Waals surface area contributed by atoms with Gasteiger partial charge >= 0.3 is 0 Å². The molecule has 0 aliphatic carbocycles. The lowest BCUT2D eigenvalue weighted by Gasteiger charge is -2.14. The van der Waals surface area contributed by atoms with Crippen molar-refractivity contribution in [3.63, 3.8) is 0 Å². The highest BCUT2D eigenvalue weighted by molar-refractivity contribution is 5.74. The molecule has 0 saturated heterocycles. The van der Waals surface area contributed by atoms with Crippen LogP contribution < -0.4 is 5.73 Å². The zero-order valence-electron chi connectivity index (χ0n) is 7.04. The van der Waals surface area contributed by atoms with Crippen molar-refractivity contribution in [3.05, 3.63) is 0 Å². The second-order valence-corrected chi connectivity index (χ2v) is 2.83. The molecule has 0 bridgehead atoms. The molecule has 0 aromatic rings. The fourth-order valence-corrected chi connectivity index (χ4v) is 1.07. The monoisotopic (exact) mass is 157 g/mol. The zero-order valence-corrected chi connectivity index (χ0v) is 7.04. The van der Waals surface area contributed by atoms with Gasteiger partial charge in [-0.1, -0.05) is 20.3 Å². The van der Waals surface area contributed by atoms with Crippen molar-refractivity contribution >= 4 is 12.2 Å². The Kier molecular flexibility index (Phi) is 4.50. The highest BCUT2D eigenvalue weighted by Gasteiger charge is 2.16.